The SMILES string of the molecule is CNC(CCc1cc([N+](=O)[O-])ccc1OC)COC. The predicted molar refractivity (Wildman–Crippen MR) is 72.7 cm³/mol. The number of benzene rings is 1. The van der Waals surface area contributed by atoms with Crippen LogP contribution in [0, 0.1) is 10.1 Å². The van der Waals surface area contributed by atoms with E-state index in [1.165, 1.54) is 6.07 Å². The molecule has 1 atom stereocenters. The number of hydrogen-bond donors (Lipinski definition) is 1. The highest BCUT2D eigenvalue weighted by atomic mass is 16.6. The lowest BCUT2D eigenvalue weighted by molar-refractivity contribution is -0.384. The predicted octanol–water partition coefficient (Wildman–Crippen LogP) is 1.77. The van der Waals surface area contributed by atoms with Gasteiger partial charge < -0.3 is 14.8 Å². The summed E-state index contributed by atoms with van der Waals surface area (Å²) >= 11 is 0. The van der Waals surface area contributed by atoms with E-state index in [1.54, 1.807) is 26.4 Å². The van der Waals surface area contributed by atoms with Crippen LogP contribution in [-0.2, 0) is 11.2 Å². The van der Waals surface area contributed by atoms with E-state index < -0.39 is 4.92 Å². The van der Waals surface area contributed by atoms with Crippen LogP contribution in [0.3, 0.4) is 0 Å². The lowest BCUT2D eigenvalue weighted by Crippen LogP contribution is -2.30. The summed E-state index contributed by atoms with van der Waals surface area (Å²) in [5.74, 6) is 0.679. The molecule has 1 aromatic rings. The summed E-state index contributed by atoms with van der Waals surface area (Å²) in [6.45, 7) is 0.605. The first-order valence-electron chi connectivity index (χ1n) is 6.09. The number of hydrogen-bond acceptors (Lipinski definition) is 5. The van der Waals surface area contributed by atoms with Crippen molar-refractivity contribution in [1.29, 1.82) is 0 Å². The van der Waals surface area contributed by atoms with E-state index in [4.69, 9.17) is 9.47 Å². The number of non-ortho nitro benzene ring substituents is 1. The molecule has 0 saturated heterocycles. The second-order valence-corrected chi connectivity index (χ2v) is 4.23. The molecular formula is C13H20N2O4. The lowest BCUT2D eigenvalue weighted by Gasteiger charge is -2.15. The van der Waals surface area contributed by atoms with E-state index in [0.717, 1.165) is 12.0 Å². The summed E-state index contributed by atoms with van der Waals surface area (Å²) in [5, 5.41) is 13.9. The average molecular weight is 268 g/mol. The summed E-state index contributed by atoms with van der Waals surface area (Å²) in [6, 6.07) is 4.87. The minimum atomic E-state index is -0.395. The zero-order valence-corrected chi connectivity index (χ0v) is 11.5. The molecule has 6 heteroatoms. The van der Waals surface area contributed by atoms with Crippen LogP contribution in [0.1, 0.15) is 12.0 Å². The van der Waals surface area contributed by atoms with Crippen LogP contribution < -0.4 is 10.1 Å². The second-order valence-electron chi connectivity index (χ2n) is 4.23. The largest absolute Gasteiger partial charge is 0.496 e. The first-order chi connectivity index (χ1) is 9.12. The third kappa shape index (κ3) is 4.50. The molecular weight excluding hydrogens is 248 g/mol. The van der Waals surface area contributed by atoms with Gasteiger partial charge in [-0.15, -0.1) is 0 Å². The molecule has 0 aromatic heterocycles. The van der Waals surface area contributed by atoms with Gasteiger partial charge in [0.15, 0.2) is 0 Å². The monoisotopic (exact) mass is 268 g/mol. The van der Waals surface area contributed by atoms with Gasteiger partial charge >= 0.3 is 0 Å². The average Bonchev–Trinajstić information content (AvgIpc) is 2.42. The first kappa shape index (κ1) is 15.4. The first-order valence-corrected chi connectivity index (χ1v) is 6.09. The fourth-order valence-corrected chi connectivity index (χ4v) is 1.92. The molecule has 0 saturated carbocycles. The highest BCUT2D eigenvalue weighted by Gasteiger charge is 2.13. The molecule has 0 bridgehead atoms. The highest BCUT2D eigenvalue weighted by molar-refractivity contribution is 5.43. The van der Waals surface area contributed by atoms with Crippen LogP contribution in [0.5, 0.6) is 5.75 Å². The molecule has 0 aliphatic rings. The van der Waals surface area contributed by atoms with Gasteiger partial charge in [-0.25, -0.2) is 0 Å². The van der Waals surface area contributed by atoms with Crippen molar-refractivity contribution in [1.82, 2.24) is 5.32 Å². The normalized spacial score (nSPS) is 12.2. The lowest BCUT2D eigenvalue weighted by atomic mass is 10.0. The molecule has 1 aromatic carbocycles. The summed E-state index contributed by atoms with van der Waals surface area (Å²) in [5.41, 5.74) is 0.927. The van der Waals surface area contributed by atoms with E-state index >= 15 is 0 Å². The van der Waals surface area contributed by atoms with Gasteiger partial charge in [-0.05, 0) is 26.0 Å². The number of nitrogens with one attached hydrogen (secondary N) is 1. The number of likely N-dealkylation sites (N-methyl/N-ethyl adjacent to an activating group) is 1. The molecule has 106 valence electrons. The number of nitro groups is 1. The van der Waals surface area contributed by atoms with Crippen molar-refractivity contribution < 1.29 is 14.4 Å². The Hall–Kier alpha value is -1.66. The van der Waals surface area contributed by atoms with Gasteiger partial charge in [0.2, 0.25) is 0 Å². The number of ether oxygens (including phenoxy) is 2. The summed E-state index contributed by atoms with van der Waals surface area (Å²) < 4.78 is 10.3. The quantitative estimate of drug-likeness (QED) is 0.574. The Kier molecular flexibility index (Phi) is 6.24. The van der Waals surface area contributed by atoms with Gasteiger partial charge in [-0.2, -0.15) is 0 Å². The Morgan fingerprint density at radius 2 is 2.16 bits per heavy atom. The standard InChI is InChI=1S/C13H20N2O4/c1-14-11(9-18-2)5-4-10-8-12(15(16)17)6-7-13(10)19-3/h6-8,11,14H,4-5,9H2,1-3H3. The zero-order chi connectivity index (χ0) is 14.3. The molecule has 0 spiro atoms. The zero-order valence-electron chi connectivity index (χ0n) is 11.5. The van der Waals surface area contributed by atoms with Crippen molar-refractivity contribution >= 4 is 5.69 Å². The number of rotatable bonds is 8. The van der Waals surface area contributed by atoms with Gasteiger partial charge in [0, 0.05) is 30.8 Å². The third-order valence-electron chi connectivity index (χ3n) is 3.01. The van der Waals surface area contributed by atoms with Gasteiger partial charge in [0.05, 0.1) is 18.6 Å². The van der Waals surface area contributed by atoms with Crippen LogP contribution in [-0.4, -0.2) is 38.8 Å². The summed E-state index contributed by atoms with van der Waals surface area (Å²) in [7, 11) is 5.09. The second kappa shape index (κ2) is 7.70. The van der Waals surface area contributed by atoms with Gasteiger partial charge in [-0.3, -0.25) is 10.1 Å². The van der Waals surface area contributed by atoms with Crippen molar-refractivity contribution in [2.45, 2.75) is 18.9 Å². The van der Waals surface area contributed by atoms with Gasteiger partial charge in [0.1, 0.15) is 5.75 Å². The molecule has 0 aliphatic heterocycles. The number of nitro benzene ring substituents is 1. The van der Waals surface area contributed by atoms with Crippen LogP contribution in [0.2, 0.25) is 0 Å². The minimum Gasteiger partial charge on any atom is -0.496 e. The van der Waals surface area contributed by atoms with Gasteiger partial charge in [0.25, 0.3) is 5.69 Å². The maximum Gasteiger partial charge on any atom is 0.269 e. The van der Waals surface area contributed by atoms with Crippen LogP contribution >= 0.6 is 0 Å². The Labute approximate surface area is 112 Å². The Balaban J connectivity index is 2.79. The number of methoxy groups -OCH3 is 2. The van der Waals surface area contributed by atoms with Crippen molar-refractivity contribution in [3.63, 3.8) is 0 Å². The molecule has 1 unspecified atom stereocenters. The maximum atomic E-state index is 10.8. The molecule has 0 radical (unpaired) electrons. The molecule has 6 nitrogen and oxygen atoms in total. The minimum absolute atomic E-state index is 0.0866. The molecule has 19 heavy (non-hydrogen) atoms. The molecule has 0 fully saturated rings. The molecule has 0 heterocycles. The smallest absolute Gasteiger partial charge is 0.269 e. The molecule has 0 amide bonds. The van der Waals surface area contributed by atoms with Crippen molar-refractivity contribution in [2.24, 2.45) is 0 Å². The fraction of sp³-hybridized carbons (Fsp3) is 0.538. The maximum absolute atomic E-state index is 10.8. The topological polar surface area (TPSA) is 73.6 Å². The Bertz CT molecular complexity index is 423. The van der Waals surface area contributed by atoms with Crippen molar-refractivity contribution in [2.75, 3.05) is 27.9 Å². The van der Waals surface area contributed by atoms with E-state index in [-0.39, 0.29) is 11.7 Å². The summed E-state index contributed by atoms with van der Waals surface area (Å²) in [6.07, 6.45) is 1.52. The summed E-state index contributed by atoms with van der Waals surface area (Å²) in [4.78, 5) is 10.4. The van der Waals surface area contributed by atoms with E-state index in [9.17, 15) is 10.1 Å². The third-order valence-corrected chi connectivity index (χ3v) is 3.01. The van der Waals surface area contributed by atoms with Crippen LogP contribution in [0.4, 0.5) is 5.69 Å². The van der Waals surface area contributed by atoms with Crippen molar-refractivity contribution in [3.8, 4) is 5.75 Å². The molecule has 0 aliphatic carbocycles. The number of nitrogens with zero attached hydrogens (tertiary/aromatic N) is 1. The van der Waals surface area contributed by atoms with E-state index in [1.807, 2.05) is 7.05 Å². The van der Waals surface area contributed by atoms with Gasteiger partial charge in [-0.1, -0.05) is 0 Å². The highest BCUT2D eigenvalue weighted by Crippen LogP contribution is 2.25. The Morgan fingerprint density at radius 1 is 1.42 bits per heavy atom. The molecule has 1 rings (SSSR count). The van der Waals surface area contributed by atoms with Crippen LogP contribution in [0.15, 0.2) is 18.2 Å². The van der Waals surface area contributed by atoms with E-state index in [2.05, 4.69) is 5.32 Å². The van der Waals surface area contributed by atoms with Crippen molar-refractivity contribution in [3.05, 3.63) is 33.9 Å². The van der Waals surface area contributed by atoms with Crippen LogP contribution in [0.25, 0.3) is 0 Å². The Morgan fingerprint density at radius 3 is 2.68 bits per heavy atom. The number of aryl methyl sites for hydroxylation is 1. The van der Waals surface area contributed by atoms with E-state index in [0.29, 0.717) is 18.8 Å². The molecule has 1 N–H and O–H groups in total. The fourth-order valence-electron chi connectivity index (χ4n) is 1.92.